The zero-order valence-electron chi connectivity index (χ0n) is 15.2. The minimum atomic E-state index is -0.507. The van der Waals surface area contributed by atoms with Crippen LogP contribution >= 0.6 is 0 Å². The predicted molar refractivity (Wildman–Crippen MR) is 117 cm³/mol. The van der Waals surface area contributed by atoms with Crippen molar-refractivity contribution in [2.45, 2.75) is 12.8 Å². The van der Waals surface area contributed by atoms with Gasteiger partial charge < -0.3 is 0 Å². The minimum Gasteiger partial charge on any atom is -0.0629 e. The van der Waals surface area contributed by atoms with Gasteiger partial charge in [0.05, 0.1) is 9.52 Å². The fraction of sp³-hybridized carbons (Fsp3) is 0.0769. The van der Waals surface area contributed by atoms with Gasteiger partial charge in [-0.3, -0.25) is 0 Å². The first-order valence-corrected chi connectivity index (χ1v) is 11.2. The molecule has 0 saturated carbocycles. The summed E-state index contributed by atoms with van der Waals surface area (Å²) in [4.78, 5) is 0. The normalized spacial score (nSPS) is 13.0. The van der Waals surface area contributed by atoms with Crippen molar-refractivity contribution in [3.63, 3.8) is 0 Å². The first kappa shape index (κ1) is 15.2. The van der Waals surface area contributed by atoms with Crippen LogP contribution in [-0.4, -0.2) is 9.52 Å². The third kappa shape index (κ3) is 2.28. The van der Waals surface area contributed by atoms with Crippen molar-refractivity contribution in [2.75, 3.05) is 0 Å². The molecule has 0 bridgehead atoms. The van der Waals surface area contributed by atoms with Crippen molar-refractivity contribution in [1.82, 2.24) is 0 Å². The molecule has 128 valence electrons. The van der Waals surface area contributed by atoms with Crippen LogP contribution in [0.1, 0.15) is 22.3 Å². The maximum absolute atomic E-state index is 2.39. The maximum Gasteiger partial charge on any atom is 0.0883 e. The number of rotatable bonds is 2. The summed E-state index contributed by atoms with van der Waals surface area (Å²) >= 11 is 0. The van der Waals surface area contributed by atoms with Gasteiger partial charge in [0.15, 0.2) is 0 Å². The summed E-state index contributed by atoms with van der Waals surface area (Å²) < 4.78 is 0. The van der Waals surface area contributed by atoms with E-state index in [-0.39, 0.29) is 0 Å². The van der Waals surface area contributed by atoms with Crippen molar-refractivity contribution < 1.29 is 0 Å². The van der Waals surface area contributed by atoms with Crippen LogP contribution in [0.15, 0.2) is 84.9 Å². The summed E-state index contributed by atoms with van der Waals surface area (Å²) in [7, 11) is -0.507. The van der Waals surface area contributed by atoms with Crippen LogP contribution < -0.4 is 10.4 Å². The molecular formula is C26H20Si. The Hall–Kier alpha value is -2.90. The lowest BCUT2D eigenvalue weighted by Crippen LogP contribution is -2.32. The van der Waals surface area contributed by atoms with E-state index in [0.29, 0.717) is 0 Å². The van der Waals surface area contributed by atoms with Gasteiger partial charge in [-0.1, -0.05) is 95.3 Å². The van der Waals surface area contributed by atoms with Crippen molar-refractivity contribution in [3.05, 3.63) is 107 Å². The van der Waals surface area contributed by atoms with Gasteiger partial charge >= 0.3 is 0 Å². The van der Waals surface area contributed by atoms with E-state index in [1.165, 1.54) is 33.4 Å². The first-order chi connectivity index (χ1) is 13.4. The van der Waals surface area contributed by atoms with E-state index in [1.807, 2.05) is 0 Å². The van der Waals surface area contributed by atoms with Crippen LogP contribution in [0.25, 0.3) is 22.3 Å². The van der Waals surface area contributed by atoms with Crippen molar-refractivity contribution in [3.8, 4) is 22.3 Å². The molecule has 0 radical (unpaired) electrons. The van der Waals surface area contributed by atoms with Crippen LogP contribution in [0.3, 0.4) is 0 Å². The lowest BCUT2D eigenvalue weighted by atomic mass is 10.1. The molecule has 1 heteroatoms. The van der Waals surface area contributed by atoms with Gasteiger partial charge in [0, 0.05) is 0 Å². The fourth-order valence-electron chi connectivity index (χ4n) is 4.98. The standard InChI is InChI=1S/C26H20Si/c1-3-9-19-17(7-1)15-23-21(19)11-5-13-25(23)27-26-14-6-12-22-20-10-4-2-8-18(20)16-24(22)26/h1-14H,15-16,27H2. The van der Waals surface area contributed by atoms with E-state index < -0.39 is 9.52 Å². The Morgan fingerprint density at radius 3 is 1.41 bits per heavy atom. The zero-order valence-corrected chi connectivity index (χ0v) is 16.6. The van der Waals surface area contributed by atoms with Crippen LogP contribution in [0.2, 0.25) is 0 Å². The van der Waals surface area contributed by atoms with Crippen LogP contribution in [0.4, 0.5) is 0 Å². The Bertz CT molecular complexity index is 1110. The van der Waals surface area contributed by atoms with Gasteiger partial charge in [0.1, 0.15) is 0 Å². The van der Waals surface area contributed by atoms with Gasteiger partial charge in [0.2, 0.25) is 0 Å². The highest BCUT2D eigenvalue weighted by Crippen LogP contribution is 2.36. The van der Waals surface area contributed by atoms with E-state index in [2.05, 4.69) is 84.9 Å². The molecular weight excluding hydrogens is 340 g/mol. The molecule has 0 N–H and O–H groups in total. The average Bonchev–Trinajstić information content (AvgIpc) is 3.28. The summed E-state index contributed by atoms with van der Waals surface area (Å²) in [5, 5.41) is 3.24. The second kappa shape index (κ2) is 5.80. The van der Waals surface area contributed by atoms with Crippen molar-refractivity contribution in [1.29, 1.82) is 0 Å². The summed E-state index contributed by atoms with van der Waals surface area (Å²) in [5.41, 5.74) is 11.9. The Morgan fingerprint density at radius 2 is 0.889 bits per heavy atom. The van der Waals surface area contributed by atoms with E-state index in [0.717, 1.165) is 12.8 Å². The third-order valence-electron chi connectivity index (χ3n) is 6.28. The van der Waals surface area contributed by atoms with E-state index in [9.17, 15) is 0 Å². The Labute approximate surface area is 162 Å². The SMILES string of the molecule is c1ccc2c(c1)Cc1c([SiH2]c3cccc4c3Cc3ccccc3-4)cccc1-2. The molecule has 6 rings (SSSR count). The largest absolute Gasteiger partial charge is 0.0883 e. The molecule has 0 nitrogen and oxygen atoms in total. The van der Waals surface area contributed by atoms with Crippen molar-refractivity contribution in [2.24, 2.45) is 0 Å². The maximum atomic E-state index is 2.39. The quantitative estimate of drug-likeness (QED) is 0.410. The Morgan fingerprint density at radius 1 is 0.444 bits per heavy atom. The van der Waals surface area contributed by atoms with Gasteiger partial charge in [-0.05, 0) is 57.3 Å². The van der Waals surface area contributed by atoms with Gasteiger partial charge in [-0.15, -0.1) is 0 Å². The van der Waals surface area contributed by atoms with Gasteiger partial charge in [0.25, 0.3) is 0 Å². The molecule has 2 aliphatic carbocycles. The summed E-state index contributed by atoms with van der Waals surface area (Å²) in [6.07, 6.45) is 2.20. The molecule has 0 aromatic heterocycles. The monoisotopic (exact) mass is 360 g/mol. The number of hydrogen-bond donors (Lipinski definition) is 0. The molecule has 0 heterocycles. The smallest absolute Gasteiger partial charge is 0.0629 e. The summed E-state index contributed by atoms with van der Waals surface area (Å²) in [6, 6.07) is 31.7. The molecule has 0 unspecified atom stereocenters. The fourth-order valence-corrected chi connectivity index (χ4v) is 6.96. The molecule has 0 amide bonds. The third-order valence-corrected chi connectivity index (χ3v) is 8.36. The predicted octanol–water partition coefficient (Wildman–Crippen LogP) is 3.95. The highest BCUT2D eigenvalue weighted by atomic mass is 28.2. The molecule has 27 heavy (non-hydrogen) atoms. The molecule has 0 aliphatic heterocycles. The highest BCUT2D eigenvalue weighted by Gasteiger charge is 2.23. The first-order valence-electron chi connectivity index (χ1n) is 9.76. The van der Waals surface area contributed by atoms with Crippen LogP contribution in [0, 0.1) is 0 Å². The molecule has 2 aliphatic rings. The summed E-state index contributed by atoms with van der Waals surface area (Å²) in [6.45, 7) is 0. The topological polar surface area (TPSA) is 0 Å². The Kier molecular flexibility index (Phi) is 3.26. The zero-order chi connectivity index (χ0) is 17.8. The van der Waals surface area contributed by atoms with Gasteiger partial charge in [-0.25, -0.2) is 0 Å². The van der Waals surface area contributed by atoms with E-state index in [1.54, 1.807) is 21.5 Å². The van der Waals surface area contributed by atoms with E-state index >= 15 is 0 Å². The van der Waals surface area contributed by atoms with Crippen LogP contribution in [0.5, 0.6) is 0 Å². The average molecular weight is 361 g/mol. The highest BCUT2D eigenvalue weighted by molar-refractivity contribution is 6.68. The summed E-state index contributed by atoms with van der Waals surface area (Å²) in [5.74, 6) is 0. The molecule has 0 atom stereocenters. The lowest BCUT2D eigenvalue weighted by molar-refractivity contribution is 1.27. The number of benzene rings is 4. The second-order valence-electron chi connectivity index (χ2n) is 7.73. The number of fused-ring (bicyclic) bond motifs is 6. The molecule has 0 saturated heterocycles. The van der Waals surface area contributed by atoms with Crippen LogP contribution in [-0.2, 0) is 12.8 Å². The minimum absolute atomic E-state index is 0.507. The number of hydrogen-bond acceptors (Lipinski definition) is 0. The molecule has 4 aromatic carbocycles. The van der Waals surface area contributed by atoms with E-state index in [4.69, 9.17) is 0 Å². The molecule has 4 aromatic rings. The second-order valence-corrected chi connectivity index (χ2v) is 9.61. The Balaban J connectivity index is 1.43. The van der Waals surface area contributed by atoms with Crippen molar-refractivity contribution >= 4 is 19.9 Å². The lowest BCUT2D eigenvalue weighted by Gasteiger charge is -2.12. The van der Waals surface area contributed by atoms with Gasteiger partial charge in [-0.2, -0.15) is 0 Å². The molecule has 0 spiro atoms. The molecule has 0 fully saturated rings.